The molecule has 0 aliphatic carbocycles. The lowest BCUT2D eigenvalue weighted by molar-refractivity contribution is -0.119. The molecule has 1 aromatic carbocycles. The maximum absolute atomic E-state index is 12.6. The predicted octanol–water partition coefficient (Wildman–Crippen LogP) is 3.04. The maximum atomic E-state index is 12.6. The number of nitrogens with zero attached hydrogens (tertiary/aromatic N) is 3. The van der Waals surface area contributed by atoms with Crippen molar-refractivity contribution in [2.45, 2.75) is 18.9 Å². The molecule has 132 valence electrons. The Balaban J connectivity index is 1.46. The van der Waals surface area contributed by atoms with E-state index in [1.165, 1.54) is 17.6 Å². The van der Waals surface area contributed by atoms with Gasteiger partial charge in [-0.15, -0.1) is 10.2 Å². The SMILES string of the molecule is O=C(Nc1nnc(-c2ccccc2)s1)C1CCCN1C(=O)c1ccco1. The number of hydrogen-bond acceptors (Lipinski definition) is 6. The molecule has 3 aromatic rings. The van der Waals surface area contributed by atoms with Gasteiger partial charge >= 0.3 is 0 Å². The molecule has 2 aromatic heterocycles. The van der Waals surface area contributed by atoms with Gasteiger partial charge in [-0.3, -0.25) is 14.9 Å². The van der Waals surface area contributed by atoms with E-state index in [4.69, 9.17) is 4.42 Å². The summed E-state index contributed by atoms with van der Waals surface area (Å²) in [4.78, 5) is 26.7. The molecule has 0 radical (unpaired) electrons. The Labute approximate surface area is 153 Å². The minimum atomic E-state index is -0.531. The van der Waals surface area contributed by atoms with Crippen LogP contribution in [0.3, 0.4) is 0 Å². The fourth-order valence-corrected chi connectivity index (χ4v) is 3.74. The minimum absolute atomic E-state index is 0.243. The second-order valence-corrected chi connectivity index (χ2v) is 6.88. The lowest BCUT2D eigenvalue weighted by atomic mass is 10.2. The van der Waals surface area contributed by atoms with E-state index in [9.17, 15) is 9.59 Å². The van der Waals surface area contributed by atoms with Gasteiger partial charge in [0.2, 0.25) is 11.0 Å². The third-order valence-corrected chi connectivity index (χ3v) is 5.11. The minimum Gasteiger partial charge on any atom is -0.459 e. The summed E-state index contributed by atoms with van der Waals surface area (Å²) < 4.78 is 5.16. The van der Waals surface area contributed by atoms with Gasteiger partial charge < -0.3 is 9.32 Å². The summed E-state index contributed by atoms with van der Waals surface area (Å²) in [7, 11) is 0. The smallest absolute Gasteiger partial charge is 0.290 e. The van der Waals surface area contributed by atoms with Crippen LogP contribution in [0.4, 0.5) is 5.13 Å². The van der Waals surface area contributed by atoms with E-state index in [0.717, 1.165) is 17.0 Å². The highest BCUT2D eigenvalue weighted by atomic mass is 32.1. The van der Waals surface area contributed by atoms with Gasteiger partial charge in [0.05, 0.1) is 6.26 Å². The molecule has 7 nitrogen and oxygen atoms in total. The first kappa shape index (κ1) is 16.5. The van der Waals surface area contributed by atoms with Crippen molar-refractivity contribution in [1.82, 2.24) is 15.1 Å². The van der Waals surface area contributed by atoms with Crippen molar-refractivity contribution >= 4 is 28.3 Å². The van der Waals surface area contributed by atoms with Crippen LogP contribution in [-0.4, -0.2) is 39.5 Å². The van der Waals surface area contributed by atoms with Crippen molar-refractivity contribution in [1.29, 1.82) is 0 Å². The molecule has 0 bridgehead atoms. The number of likely N-dealkylation sites (tertiary alicyclic amines) is 1. The van der Waals surface area contributed by atoms with Crippen LogP contribution < -0.4 is 5.32 Å². The number of hydrogen-bond donors (Lipinski definition) is 1. The zero-order chi connectivity index (χ0) is 17.9. The van der Waals surface area contributed by atoms with Crippen LogP contribution in [0.5, 0.6) is 0 Å². The number of carbonyl (C=O) groups excluding carboxylic acids is 2. The number of nitrogens with one attached hydrogen (secondary N) is 1. The highest BCUT2D eigenvalue weighted by Crippen LogP contribution is 2.27. The van der Waals surface area contributed by atoms with Crippen LogP contribution in [0, 0.1) is 0 Å². The van der Waals surface area contributed by atoms with Gasteiger partial charge in [-0.05, 0) is 25.0 Å². The van der Waals surface area contributed by atoms with Crippen molar-refractivity contribution in [2.24, 2.45) is 0 Å². The van der Waals surface area contributed by atoms with Gasteiger partial charge in [0, 0.05) is 12.1 Å². The van der Waals surface area contributed by atoms with Gasteiger partial charge in [-0.2, -0.15) is 0 Å². The molecule has 1 N–H and O–H groups in total. The van der Waals surface area contributed by atoms with E-state index >= 15 is 0 Å². The molecule has 1 saturated heterocycles. The summed E-state index contributed by atoms with van der Waals surface area (Å²) in [5.74, 6) is -0.278. The van der Waals surface area contributed by atoms with Gasteiger partial charge in [0.1, 0.15) is 11.0 Å². The number of amides is 2. The first-order chi connectivity index (χ1) is 12.7. The van der Waals surface area contributed by atoms with Crippen LogP contribution in [0.25, 0.3) is 10.6 Å². The van der Waals surface area contributed by atoms with Gasteiger partial charge in [0.15, 0.2) is 5.76 Å². The molecule has 2 amide bonds. The van der Waals surface area contributed by atoms with Crippen LogP contribution in [0.2, 0.25) is 0 Å². The standard InChI is InChI=1S/C18H16N4O3S/c23-15(13-8-4-10-22(13)17(24)14-9-5-11-25-14)19-18-21-20-16(26-18)12-6-2-1-3-7-12/h1-3,5-7,9,11,13H,4,8,10H2,(H,19,21,23). The van der Waals surface area contributed by atoms with Crippen molar-refractivity contribution in [3.63, 3.8) is 0 Å². The molecular weight excluding hydrogens is 352 g/mol. The maximum Gasteiger partial charge on any atom is 0.290 e. The molecule has 1 fully saturated rings. The average Bonchev–Trinajstić information content (AvgIpc) is 3.42. The van der Waals surface area contributed by atoms with Crippen LogP contribution in [0.1, 0.15) is 23.4 Å². The summed E-state index contributed by atoms with van der Waals surface area (Å²) in [5, 5.41) is 12.1. The Morgan fingerprint density at radius 2 is 2.00 bits per heavy atom. The quantitative estimate of drug-likeness (QED) is 0.765. The van der Waals surface area contributed by atoms with Crippen molar-refractivity contribution in [3.05, 3.63) is 54.5 Å². The Kier molecular flexibility index (Phi) is 4.49. The van der Waals surface area contributed by atoms with E-state index in [-0.39, 0.29) is 17.6 Å². The monoisotopic (exact) mass is 368 g/mol. The molecule has 0 saturated carbocycles. The van der Waals surface area contributed by atoms with E-state index < -0.39 is 6.04 Å². The summed E-state index contributed by atoms with van der Waals surface area (Å²) >= 11 is 1.30. The van der Waals surface area contributed by atoms with Crippen molar-refractivity contribution < 1.29 is 14.0 Å². The molecular formula is C18H16N4O3S. The number of furan rings is 1. The second kappa shape index (κ2) is 7.09. The van der Waals surface area contributed by atoms with E-state index in [0.29, 0.717) is 18.1 Å². The average molecular weight is 368 g/mol. The fraction of sp³-hybridized carbons (Fsp3) is 0.222. The van der Waals surface area contributed by atoms with Gasteiger partial charge in [-0.1, -0.05) is 41.7 Å². The molecule has 1 unspecified atom stereocenters. The molecule has 0 spiro atoms. The summed E-state index contributed by atoms with van der Waals surface area (Å²) in [6.07, 6.45) is 2.84. The fourth-order valence-electron chi connectivity index (χ4n) is 2.98. The van der Waals surface area contributed by atoms with E-state index in [2.05, 4.69) is 15.5 Å². The third-order valence-electron chi connectivity index (χ3n) is 4.22. The van der Waals surface area contributed by atoms with E-state index in [1.54, 1.807) is 17.0 Å². The molecule has 4 rings (SSSR count). The van der Waals surface area contributed by atoms with Crippen LogP contribution in [-0.2, 0) is 4.79 Å². The summed E-state index contributed by atoms with van der Waals surface area (Å²) in [6, 6.07) is 12.4. The number of rotatable bonds is 4. The van der Waals surface area contributed by atoms with E-state index in [1.807, 2.05) is 30.3 Å². The first-order valence-electron chi connectivity index (χ1n) is 8.26. The molecule has 1 aliphatic heterocycles. The van der Waals surface area contributed by atoms with Gasteiger partial charge in [0.25, 0.3) is 5.91 Å². The Hall–Kier alpha value is -3.00. The molecule has 26 heavy (non-hydrogen) atoms. The Morgan fingerprint density at radius 1 is 1.15 bits per heavy atom. The Morgan fingerprint density at radius 3 is 2.77 bits per heavy atom. The largest absolute Gasteiger partial charge is 0.459 e. The lowest BCUT2D eigenvalue weighted by Crippen LogP contribution is -2.43. The molecule has 3 heterocycles. The second-order valence-electron chi connectivity index (χ2n) is 5.90. The molecule has 1 aliphatic rings. The lowest BCUT2D eigenvalue weighted by Gasteiger charge is -2.22. The summed E-state index contributed by atoms with van der Waals surface area (Å²) in [5.41, 5.74) is 0.945. The topological polar surface area (TPSA) is 88.3 Å². The number of benzene rings is 1. The van der Waals surface area contributed by atoms with Crippen molar-refractivity contribution in [3.8, 4) is 10.6 Å². The molecule has 1 atom stereocenters. The van der Waals surface area contributed by atoms with Crippen LogP contribution in [0.15, 0.2) is 53.1 Å². The highest BCUT2D eigenvalue weighted by molar-refractivity contribution is 7.18. The van der Waals surface area contributed by atoms with Crippen LogP contribution >= 0.6 is 11.3 Å². The number of aromatic nitrogens is 2. The third kappa shape index (κ3) is 3.23. The van der Waals surface area contributed by atoms with Crippen molar-refractivity contribution in [2.75, 3.05) is 11.9 Å². The van der Waals surface area contributed by atoms with Gasteiger partial charge in [-0.25, -0.2) is 0 Å². The first-order valence-corrected chi connectivity index (χ1v) is 9.08. The predicted molar refractivity (Wildman–Crippen MR) is 96.7 cm³/mol. The normalized spacial score (nSPS) is 16.6. The summed E-state index contributed by atoms with van der Waals surface area (Å²) in [6.45, 7) is 0.531. The zero-order valence-electron chi connectivity index (χ0n) is 13.8. The number of carbonyl (C=O) groups is 2. The Bertz CT molecular complexity index is 908. The zero-order valence-corrected chi connectivity index (χ0v) is 14.6. The highest BCUT2D eigenvalue weighted by Gasteiger charge is 2.35. The number of anilines is 1. The molecule has 8 heteroatoms.